The van der Waals surface area contributed by atoms with E-state index in [1.165, 1.54) is 0 Å². The predicted octanol–water partition coefficient (Wildman–Crippen LogP) is 3.93. The average molecular weight is 298 g/mol. The van der Waals surface area contributed by atoms with Crippen LogP contribution in [0.1, 0.15) is 52.9 Å². The molecule has 0 unspecified atom stereocenters. The van der Waals surface area contributed by atoms with Crippen LogP contribution in [0.25, 0.3) is 0 Å². The molecule has 0 spiro atoms. The van der Waals surface area contributed by atoms with E-state index in [1.54, 1.807) is 0 Å². The van der Waals surface area contributed by atoms with Gasteiger partial charge in [0.25, 0.3) is 0 Å². The summed E-state index contributed by atoms with van der Waals surface area (Å²) in [5, 5.41) is 0.241. The van der Waals surface area contributed by atoms with Gasteiger partial charge in [-0.1, -0.05) is 20.8 Å². The van der Waals surface area contributed by atoms with Crippen LogP contribution in [-0.2, 0) is 14.0 Å². The zero-order valence-electron chi connectivity index (χ0n) is 13.7. The van der Waals surface area contributed by atoms with E-state index in [9.17, 15) is 4.79 Å². The van der Waals surface area contributed by atoms with Crippen LogP contribution in [-0.4, -0.2) is 32.9 Å². The second kappa shape index (κ2) is 5.89. The third kappa shape index (κ3) is 3.52. The summed E-state index contributed by atoms with van der Waals surface area (Å²) in [4.78, 5) is 11.9. The fraction of sp³-hybridized carbons (Fsp3) is 0.938. The fourth-order valence-corrected chi connectivity index (χ4v) is 3.94. The van der Waals surface area contributed by atoms with Gasteiger partial charge in [-0.2, -0.15) is 0 Å². The molecule has 116 valence electrons. The number of hydrogen-bond donors (Lipinski definition) is 0. The number of Topliss-reactive ketones (excluding diaryl/α,β-unsaturated/α-hetero) is 1. The Hall–Kier alpha value is -0.193. The third-order valence-corrected chi connectivity index (χ3v) is 9.88. The van der Waals surface area contributed by atoms with Crippen molar-refractivity contribution in [2.24, 2.45) is 5.92 Å². The highest BCUT2D eigenvalue weighted by molar-refractivity contribution is 6.74. The molecule has 1 aliphatic carbocycles. The van der Waals surface area contributed by atoms with E-state index in [0.717, 1.165) is 32.1 Å². The van der Waals surface area contributed by atoms with Crippen LogP contribution in [0.3, 0.4) is 0 Å². The fourth-order valence-electron chi connectivity index (χ4n) is 2.90. The molecule has 0 N–H and O–H groups in total. The second-order valence-corrected chi connectivity index (χ2v) is 12.7. The van der Waals surface area contributed by atoms with E-state index in [2.05, 4.69) is 33.9 Å². The zero-order valence-corrected chi connectivity index (χ0v) is 14.7. The minimum absolute atomic E-state index is 0.165. The topological polar surface area (TPSA) is 35.5 Å². The summed E-state index contributed by atoms with van der Waals surface area (Å²) in [5.74, 6) is 0.595. The molecule has 20 heavy (non-hydrogen) atoms. The molecule has 1 saturated heterocycles. The maximum Gasteiger partial charge on any atom is 0.192 e. The maximum atomic E-state index is 11.9. The molecule has 2 aliphatic rings. The highest BCUT2D eigenvalue weighted by Crippen LogP contribution is 2.38. The monoisotopic (exact) mass is 298 g/mol. The minimum atomic E-state index is -1.69. The van der Waals surface area contributed by atoms with Crippen molar-refractivity contribution in [3.8, 4) is 0 Å². The van der Waals surface area contributed by atoms with E-state index in [1.807, 2.05) is 0 Å². The molecule has 2 rings (SSSR count). The standard InChI is InChI=1S/C16H30O3Si/c1-16(2,3)20(4,5)18-11-12-9-10-13-14(17)7-6-8-15(13)19-12/h12-13,15H,6-11H2,1-5H3/t12-,13+,15-/m0/s1. The van der Waals surface area contributed by atoms with Crippen molar-refractivity contribution in [3.05, 3.63) is 0 Å². The molecule has 4 heteroatoms. The maximum absolute atomic E-state index is 11.9. The molecular formula is C16H30O3Si. The van der Waals surface area contributed by atoms with Crippen molar-refractivity contribution in [1.29, 1.82) is 0 Å². The lowest BCUT2D eigenvalue weighted by Gasteiger charge is -2.41. The normalized spacial score (nSPS) is 32.0. The summed E-state index contributed by atoms with van der Waals surface area (Å²) in [5.41, 5.74) is 0. The smallest absolute Gasteiger partial charge is 0.192 e. The van der Waals surface area contributed by atoms with E-state index in [-0.39, 0.29) is 23.2 Å². The number of carbonyl (C=O) groups excluding carboxylic acids is 1. The van der Waals surface area contributed by atoms with Crippen molar-refractivity contribution in [3.63, 3.8) is 0 Å². The van der Waals surface area contributed by atoms with Gasteiger partial charge in [0.05, 0.1) is 18.8 Å². The molecule has 3 nitrogen and oxygen atoms in total. The number of fused-ring (bicyclic) bond motifs is 1. The lowest BCUT2D eigenvalue weighted by atomic mass is 9.80. The Bertz CT molecular complexity index is 359. The molecular weight excluding hydrogens is 268 g/mol. The molecule has 1 aliphatic heterocycles. The Balaban J connectivity index is 1.86. The number of ketones is 1. The van der Waals surface area contributed by atoms with Gasteiger partial charge in [0, 0.05) is 12.3 Å². The van der Waals surface area contributed by atoms with Crippen LogP contribution >= 0.6 is 0 Å². The molecule has 0 aromatic carbocycles. The first-order valence-corrected chi connectivity index (χ1v) is 10.9. The van der Waals surface area contributed by atoms with Gasteiger partial charge in [0.15, 0.2) is 8.32 Å². The van der Waals surface area contributed by atoms with Crippen molar-refractivity contribution in [2.45, 2.75) is 83.2 Å². The summed E-state index contributed by atoms with van der Waals surface area (Å²) in [6, 6.07) is 0. The summed E-state index contributed by atoms with van der Waals surface area (Å²) < 4.78 is 12.4. The van der Waals surface area contributed by atoms with Gasteiger partial charge in [0.2, 0.25) is 0 Å². The molecule has 3 atom stereocenters. The molecule has 1 saturated carbocycles. The molecule has 0 radical (unpaired) electrons. The van der Waals surface area contributed by atoms with Gasteiger partial charge < -0.3 is 9.16 Å². The predicted molar refractivity (Wildman–Crippen MR) is 83.4 cm³/mol. The van der Waals surface area contributed by atoms with Gasteiger partial charge in [-0.05, 0) is 43.8 Å². The Morgan fingerprint density at radius 1 is 1.25 bits per heavy atom. The lowest BCUT2D eigenvalue weighted by molar-refractivity contribution is -0.147. The van der Waals surface area contributed by atoms with Gasteiger partial charge in [-0.15, -0.1) is 0 Å². The number of carbonyl (C=O) groups is 1. The van der Waals surface area contributed by atoms with Crippen LogP contribution in [0.15, 0.2) is 0 Å². The minimum Gasteiger partial charge on any atom is -0.414 e. The van der Waals surface area contributed by atoms with Crippen molar-refractivity contribution in [2.75, 3.05) is 6.61 Å². The summed E-state index contributed by atoms with van der Waals surface area (Å²) in [6.45, 7) is 12.0. The highest BCUT2D eigenvalue weighted by Gasteiger charge is 2.40. The van der Waals surface area contributed by atoms with Gasteiger partial charge >= 0.3 is 0 Å². The number of hydrogen-bond acceptors (Lipinski definition) is 3. The summed E-state index contributed by atoms with van der Waals surface area (Å²) in [7, 11) is -1.69. The van der Waals surface area contributed by atoms with Crippen LogP contribution in [0.4, 0.5) is 0 Å². The Kier molecular flexibility index (Phi) is 4.77. The molecule has 0 aromatic rings. The first kappa shape index (κ1) is 16.2. The van der Waals surface area contributed by atoms with E-state index in [0.29, 0.717) is 12.4 Å². The van der Waals surface area contributed by atoms with Crippen molar-refractivity contribution in [1.82, 2.24) is 0 Å². The first-order valence-electron chi connectivity index (χ1n) is 8.03. The number of rotatable bonds is 3. The summed E-state index contributed by atoms with van der Waals surface area (Å²) >= 11 is 0. The highest BCUT2D eigenvalue weighted by atomic mass is 28.4. The molecule has 0 amide bonds. The molecule has 1 heterocycles. The Morgan fingerprint density at radius 3 is 2.60 bits per heavy atom. The van der Waals surface area contributed by atoms with Gasteiger partial charge in [0.1, 0.15) is 5.78 Å². The van der Waals surface area contributed by atoms with E-state index >= 15 is 0 Å². The Labute approximate surface area is 124 Å². The second-order valence-electron chi connectivity index (χ2n) is 7.91. The average Bonchev–Trinajstić information content (AvgIpc) is 2.35. The van der Waals surface area contributed by atoms with E-state index < -0.39 is 8.32 Å². The third-order valence-electron chi connectivity index (χ3n) is 5.38. The summed E-state index contributed by atoms with van der Waals surface area (Å²) in [6.07, 6.45) is 5.13. The number of ether oxygens (including phenoxy) is 1. The molecule has 2 fully saturated rings. The van der Waals surface area contributed by atoms with Gasteiger partial charge in [-0.3, -0.25) is 4.79 Å². The Morgan fingerprint density at radius 2 is 1.95 bits per heavy atom. The van der Waals surface area contributed by atoms with E-state index in [4.69, 9.17) is 9.16 Å². The molecule has 0 bridgehead atoms. The van der Waals surface area contributed by atoms with Crippen molar-refractivity contribution >= 4 is 14.1 Å². The zero-order chi connectivity index (χ0) is 15.0. The van der Waals surface area contributed by atoms with Crippen molar-refractivity contribution < 1.29 is 14.0 Å². The first-order chi connectivity index (χ1) is 9.21. The molecule has 0 aromatic heterocycles. The quantitative estimate of drug-likeness (QED) is 0.741. The van der Waals surface area contributed by atoms with Gasteiger partial charge in [-0.25, -0.2) is 0 Å². The van der Waals surface area contributed by atoms with Crippen LogP contribution in [0, 0.1) is 5.92 Å². The SMILES string of the molecule is CC(C)(C)[Si](C)(C)OC[C@@H]1CC[C@@H]2C(=O)CCC[C@@H]2O1. The lowest BCUT2D eigenvalue weighted by Crippen LogP contribution is -2.47. The van der Waals surface area contributed by atoms with Crippen LogP contribution in [0.2, 0.25) is 18.1 Å². The largest absolute Gasteiger partial charge is 0.414 e. The van der Waals surface area contributed by atoms with Crippen LogP contribution < -0.4 is 0 Å². The van der Waals surface area contributed by atoms with Crippen LogP contribution in [0.5, 0.6) is 0 Å².